The predicted molar refractivity (Wildman–Crippen MR) is 110 cm³/mol. The van der Waals surface area contributed by atoms with Crippen molar-refractivity contribution in [3.05, 3.63) is 29.8 Å². The average molecular weight is 432 g/mol. The van der Waals surface area contributed by atoms with Gasteiger partial charge in [-0.3, -0.25) is 4.79 Å². The van der Waals surface area contributed by atoms with Gasteiger partial charge in [-0.2, -0.15) is 4.31 Å². The van der Waals surface area contributed by atoms with Crippen LogP contribution in [0.1, 0.15) is 37.0 Å². The number of morpholine rings is 1. The lowest BCUT2D eigenvalue weighted by atomic mass is 10.0. The number of amides is 1. The van der Waals surface area contributed by atoms with Crippen LogP contribution in [0.3, 0.4) is 0 Å². The van der Waals surface area contributed by atoms with Gasteiger partial charge in [0, 0.05) is 31.7 Å². The summed E-state index contributed by atoms with van der Waals surface area (Å²) in [6.45, 7) is 6.16. The number of carbonyl (C=O) groups excluding carboxylic acids is 1. The Labute approximate surface area is 173 Å². The van der Waals surface area contributed by atoms with Crippen molar-refractivity contribution in [2.75, 3.05) is 33.2 Å². The van der Waals surface area contributed by atoms with Gasteiger partial charge >= 0.3 is 0 Å². The van der Waals surface area contributed by atoms with Crippen molar-refractivity contribution < 1.29 is 17.9 Å². The average Bonchev–Trinajstić information content (AvgIpc) is 2.67. The summed E-state index contributed by atoms with van der Waals surface area (Å²) in [5.74, 6) is -0.136. The van der Waals surface area contributed by atoms with E-state index < -0.39 is 10.0 Å². The summed E-state index contributed by atoms with van der Waals surface area (Å²) >= 11 is 0. The Morgan fingerprint density at radius 2 is 1.79 bits per heavy atom. The van der Waals surface area contributed by atoms with Crippen molar-refractivity contribution >= 4 is 28.3 Å². The zero-order valence-corrected chi connectivity index (χ0v) is 18.3. The standard InChI is InChI=1S/C19H29N3O4S.ClH/c1-14-12-22(13-15(2)26-14)27(24,25)18-6-4-5-16(11-18)19(23)21(3)17-7-9-20-10-8-17;/h4-6,11,14-15,17,20H,7-10,12-13H2,1-3H3;1H. The van der Waals surface area contributed by atoms with Crippen molar-refractivity contribution in [1.82, 2.24) is 14.5 Å². The summed E-state index contributed by atoms with van der Waals surface area (Å²) < 4.78 is 33.2. The first-order chi connectivity index (χ1) is 12.8. The summed E-state index contributed by atoms with van der Waals surface area (Å²) in [5.41, 5.74) is 0.409. The highest BCUT2D eigenvalue weighted by atomic mass is 35.5. The molecule has 1 aromatic rings. The van der Waals surface area contributed by atoms with E-state index in [0.29, 0.717) is 18.7 Å². The lowest BCUT2D eigenvalue weighted by molar-refractivity contribution is -0.0440. The quantitative estimate of drug-likeness (QED) is 0.785. The SMILES string of the molecule is CC1CN(S(=O)(=O)c2cccc(C(=O)N(C)C3CCNCC3)c2)CC(C)O1.Cl. The van der Waals surface area contributed by atoms with Crippen LogP contribution in [0.4, 0.5) is 0 Å². The van der Waals surface area contributed by atoms with E-state index in [0.717, 1.165) is 25.9 Å². The molecule has 2 aliphatic rings. The van der Waals surface area contributed by atoms with Gasteiger partial charge in [-0.15, -0.1) is 12.4 Å². The Balaban J connectivity index is 0.00000280. The third-order valence-corrected chi connectivity index (χ3v) is 7.11. The Morgan fingerprint density at radius 1 is 1.18 bits per heavy atom. The van der Waals surface area contributed by atoms with E-state index in [-0.39, 0.29) is 41.5 Å². The van der Waals surface area contributed by atoms with Crippen LogP contribution in [-0.4, -0.2) is 75.0 Å². The van der Waals surface area contributed by atoms with Gasteiger partial charge in [-0.25, -0.2) is 8.42 Å². The second-order valence-corrected chi connectivity index (χ2v) is 9.44. The van der Waals surface area contributed by atoms with Gasteiger partial charge in [0.15, 0.2) is 0 Å². The Kier molecular flexibility index (Phi) is 7.87. The molecular weight excluding hydrogens is 402 g/mol. The molecule has 1 aromatic carbocycles. The Morgan fingerprint density at radius 3 is 2.39 bits per heavy atom. The summed E-state index contributed by atoms with van der Waals surface area (Å²) in [4.78, 5) is 14.8. The minimum absolute atomic E-state index is 0. The molecule has 2 unspecified atom stereocenters. The van der Waals surface area contributed by atoms with E-state index in [9.17, 15) is 13.2 Å². The number of ether oxygens (including phenoxy) is 1. The minimum Gasteiger partial charge on any atom is -0.373 e. The molecule has 158 valence electrons. The van der Waals surface area contributed by atoms with Gasteiger partial charge in [0.25, 0.3) is 5.91 Å². The van der Waals surface area contributed by atoms with Gasteiger partial charge < -0.3 is 15.0 Å². The third-order valence-electron chi connectivity index (χ3n) is 5.28. The molecule has 3 rings (SSSR count). The molecule has 2 heterocycles. The molecule has 0 spiro atoms. The zero-order chi connectivity index (χ0) is 19.6. The monoisotopic (exact) mass is 431 g/mol. The molecule has 2 atom stereocenters. The Bertz CT molecular complexity index is 773. The molecule has 7 nitrogen and oxygen atoms in total. The predicted octanol–water partition coefficient (Wildman–Crippen LogP) is 1.73. The van der Waals surface area contributed by atoms with Gasteiger partial charge in [0.2, 0.25) is 10.0 Å². The topological polar surface area (TPSA) is 79.0 Å². The number of nitrogens with one attached hydrogen (secondary N) is 1. The maximum absolute atomic E-state index is 13.1. The fourth-order valence-electron chi connectivity index (χ4n) is 3.83. The molecule has 0 aromatic heterocycles. The van der Waals surface area contributed by atoms with Crippen molar-refractivity contribution in [3.8, 4) is 0 Å². The number of nitrogens with zero attached hydrogens (tertiary/aromatic N) is 2. The van der Waals surface area contributed by atoms with Crippen LogP contribution >= 0.6 is 12.4 Å². The summed E-state index contributed by atoms with van der Waals surface area (Å²) in [5, 5.41) is 3.29. The molecule has 2 fully saturated rings. The van der Waals surface area contributed by atoms with Crippen molar-refractivity contribution in [1.29, 1.82) is 0 Å². The first kappa shape index (κ1) is 23.1. The smallest absolute Gasteiger partial charge is 0.253 e. The summed E-state index contributed by atoms with van der Waals surface area (Å²) in [6, 6.07) is 6.56. The number of halogens is 1. The number of hydrogen-bond donors (Lipinski definition) is 1. The normalized spacial score (nSPS) is 24.4. The lowest BCUT2D eigenvalue weighted by Gasteiger charge is -2.34. The molecule has 0 saturated carbocycles. The molecule has 28 heavy (non-hydrogen) atoms. The number of benzene rings is 1. The highest BCUT2D eigenvalue weighted by Crippen LogP contribution is 2.23. The molecule has 0 aliphatic carbocycles. The second kappa shape index (κ2) is 9.54. The van der Waals surface area contributed by atoms with Crippen LogP contribution in [0.5, 0.6) is 0 Å². The highest BCUT2D eigenvalue weighted by molar-refractivity contribution is 7.89. The van der Waals surface area contributed by atoms with E-state index in [4.69, 9.17) is 4.74 Å². The number of carbonyl (C=O) groups is 1. The number of hydrogen-bond acceptors (Lipinski definition) is 5. The largest absolute Gasteiger partial charge is 0.373 e. The molecule has 2 saturated heterocycles. The molecule has 0 radical (unpaired) electrons. The van der Waals surface area contributed by atoms with E-state index in [1.807, 2.05) is 13.8 Å². The third kappa shape index (κ3) is 5.04. The minimum atomic E-state index is -3.66. The summed E-state index contributed by atoms with van der Waals surface area (Å²) in [6.07, 6.45) is 1.51. The number of sulfonamides is 1. The molecule has 0 bridgehead atoms. The fourth-order valence-corrected chi connectivity index (χ4v) is 5.47. The van der Waals surface area contributed by atoms with E-state index in [1.54, 1.807) is 30.1 Å². The number of piperidine rings is 1. The van der Waals surface area contributed by atoms with Crippen molar-refractivity contribution in [2.24, 2.45) is 0 Å². The van der Waals surface area contributed by atoms with Crippen LogP contribution in [0, 0.1) is 0 Å². The van der Waals surface area contributed by atoms with Gasteiger partial charge in [-0.1, -0.05) is 6.07 Å². The maximum Gasteiger partial charge on any atom is 0.253 e. The van der Waals surface area contributed by atoms with Gasteiger partial charge in [-0.05, 0) is 58.0 Å². The molecule has 9 heteroatoms. The van der Waals surface area contributed by atoms with Crippen LogP contribution in [-0.2, 0) is 14.8 Å². The maximum atomic E-state index is 13.1. The molecular formula is C19H30ClN3O4S. The van der Waals surface area contributed by atoms with Crippen LogP contribution < -0.4 is 5.32 Å². The van der Waals surface area contributed by atoms with E-state index in [1.165, 1.54) is 10.4 Å². The van der Waals surface area contributed by atoms with E-state index >= 15 is 0 Å². The fraction of sp³-hybridized carbons (Fsp3) is 0.632. The first-order valence-corrected chi connectivity index (χ1v) is 11.0. The first-order valence-electron chi connectivity index (χ1n) is 9.52. The summed E-state index contributed by atoms with van der Waals surface area (Å²) in [7, 11) is -1.87. The zero-order valence-electron chi connectivity index (χ0n) is 16.6. The van der Waals surface area contributed by atoms with Crippen LogP contribution in [0.2, 0.25) is 0 Å². The number of rotatable bonds is 4. The second-order valence-electron chi connectivity index (χ2n) is 7.50. The van der Waals surface area contributed by atoms with Crippen LogP contribution in [0.15, 0.2) is 29.2 Å². The van der Waals surface area contributed by atoms with Gasteiger partial charge in [0.05, 0.1) is 17.1 Å². The Hall–Kier alpha value is -1.19. The highest BCUT2D eigenvalue weighted by Gasteiger charge is 2.33. The van der Waals surface area contributed by atoms with Gasteiger partial charge in [0.1, 0.15) is 0 Å². The van der Waals surface area contributed by atoms with E-state index in [2.05, 4.69) is 5.32 Å². The molecule has 1 amide bonds. The van der Waals surface area contributed by atoms with Crippen molar-refractivity contribution in [2.45, 2.75) is 49.8 Å². The van der Waals surface area contributed by atoms with Crippen molar-refractivity contribution in [3.63, 3.8) is 0 Å². The van der Waals surface area contributed by atoms with Crippen LogP contribution in [0.25, 0.3) is 0 Å². The lowest BCUT2D eigenvalue weighted by Crippen LogP contribution is -2.48. The molecule has 2 aliphatic heterocycles. The molecule has 1 N–H and O–H groups in total.